The van der Waals surface area contributed by atoms with E-state index in [0.29, 0.717) is 6.67 Å². The summed E-state index contributed by atoms with van der Waals surface area (Å²) in [5, 5.41) is 3.06. The van der Waals surface area contributed by atoms with E-state index in [4.69, 9.17) is 0 Å². The van der Waals surface area contributed by atoms with Crippen LogP contribution in [0, 0.1) is 12.8 Å². The minimum Gasteiger partial charge on any atom is -0.323 e. The molecule has 1 aromatic rings. The topological polar surface area (TPSA) is 55.9 Å². The SMILES string of the molecule is Cc1cccc(CN2CCN(CN3C(=O)N[C@@]4(CCCC[C@H]4C)C3=O)CC2)c1. The van der Waals surface area contributed by atoms with Crippen molar-refractivity contribution in [3.63, 3.8) is 0 Å². The zero-order valence-corrected chi connectivity index (χ0v) is 17.1. The van der Waals surface area contributed by atoms with E-state index in [1.54, 1.807) is 0 Å². The van der Waals surface area contributed by atoms with Crippen molar-refractivity contribution in [2.24, 2.45) is 5.92 Å². The lowest BCUT2D eigenvalue weighted by atomic mass is 9.73. The number of imide groups is 1. The number of amides is 3. The summed E-state index contributed by atoms with van der Waals surface area (Å²) in [4.78, 5) is 31.8. The maximum Gasteiger partial charge on any atom is 0.326 e. The molecule has 4 rings (SSSR count). The summed E-state index contributed by atoms with van der Waals surface area (Å²) >= 11 is 0. The maximum absolute atomic E-state index is 13.1. The summed E-state index contributed by atoms with van der Waals surface area (Å²) in [6.45, 7) is 9.27. The predicted molar refractivity (Wildman–Crippen MR) is 109 cm³/mol. The Morgan fingerprint density at radius 2 is 1.86 bits per heavy atom. The van der Waals surface area contributed by atoms with E-state index in [1.807, 2.05) is 0 Å². The summed E-state index contributed by atoms with van der Waals surface area (Å²) < 4.78 is 0. The smallest absolute Gasteiger partial charge is 0.323 e. The lowest BCUT2D eigenvalue weighted by molar-refractivity contribution is -0.136. The molecule has 3 fully saturated rings. The van der Waals surface area contributed by atoms with Crippen molar-refractivity contribution >= 4 is 11.9 Å². The fourth-order valence-corrected chi connectivity index (χ4v) is 4.98. The fourth-order valence-electron chi connectivity index (χ4n) is 4.98. The molecule has 2 aliphatic heterocycles. The summed E-state index contributed by atoms with van der Waals surface area (Å²) in [5.74, 6) is 0.209. The van der Waals surface area contributed by atoms with Crippen LogP contribution in [0.5, 0.6) is 0 Å². The molecule has 1 saturated carbocycles. The second kappa shape index (κ2) is 7.84. The zero-order valence-electron chi connectivity index (χ0n) is 17.1. The van der Waals surface area contributed by atoms with Crippen LogP contribution in [0.4, 0.5) is 4.79 Å². The summed E-state index contributed by atoms with van der Waals surface area (Å²) in [7, 11) is 0. The molecule has 0 unspecified atom stereocenters. The van der Waals surface area contributed by atoms with Gasteiger partial charge in [-0.05, 0) is 31.2 Å². The minimum absolute atomic E-state index is 0.00751. The van der Waals surface area contributed by atoms with Gasteiger partial charge in [0.15, 0.2) is 0 Å². The Balaban J connectivity index is 1.32. The number of rotatable bonds is 4. The molecule has 152 valence electrons. The van der Waals surface area contributed by atoms with Gasteiger partial charge in [-0.3, -0.25) is 14.6 Å². The highest BCUT2D eigenvalue weighted by Gasteiger charge is 2.55. The third-order valence-corrected chi connectivity index (χ3v) is 6.80. The molecule has 1 N–H and O–H groups in total. The van der Waals surface area contributed by atoms with Crippen molar-refractivity contribution in [1.29, 1.82) is 0 Å². The van der Waals surface area contributed by atoms with E-state index in [0.717, 1.165) is 58.4 Å². The van der Waals surface area contributed by atoms with E-state index >= 15 is 0 Å². The van der Waals surface area contributed by atoms with Crippen molar-refractivity contribution in [3.8, 4) is 0 Å². The van der Waals surface area contributed by atoms with E-state index in [-0.39, 0.29) is 17.9 Å². The minimum atomic E-state index is -0.650. The van der Waals surface area contributed by atoms with Crippen LogP contribution in [-0.2, 0) is 11.3 Å². The Morgan fingerprint density at radius 1 is 1.11 bits per heavy atom. The molecular formula is C22H32N4O2. The summed E-state index contributed by atoms with van der Waals surface area (Å²) in [5.41, 5.74) is 1.99. The first-order valence-corrected chi connectivity index (χ1v) is 10.6. The van der Waals surface area contributed by atoms with Gasteiger partial charge in [0, 0.05) is 32.7 Å². The number of nitrogens with zero attached hydrogens (tertiary/aromatic N) is 3. The molecule has 2 saturated heterocycles. The molecule has 3 amide bonds. The van der Waals surface area contributed by atoms with Crippen molar-refractivity contribution < 1.29 is 9.59 Å². The van der Waals surface area contributed by atoms with E-state index in [2.05, 4.69) is 53.2 Å². The van der Waals surface area contributed by atoms with E-state index in [9.17, 15) is 9.59 Å². The largest absolute Gasteiger partial charge is 0.326 e. The molecule has 2 heterocycles. The Morgan fingerprint density at radius 3 is 2.57 bits per heavy atom. The number of urea groups is 1. The van der Waals surface area contributed by atoms with E-state index < -0.39 is 5.54 Å². The van der Waals surface area contributed by atoms with Gasteiger partial charge in [0.05, 0.1) is 6.67 Å². The summed E-state index contributed by atoms with van der Waals surface area (Å²) in [6.07, 6.45) is 3.95. The van der Waals surface area contributed by atoms with Crippen molar-refractivity contribution in [3.05, 3.63) is 35.4 Å². The third-order valence-electron chi connectivity index (χ3n) is 6.80. The fraction of sp³-hybridized carbons (Fsp3) is 0.636. The first-order valence-electron chi connectivity index (χ1n) is 10.6. The van der Waals surface area contributed by atoms with Crippen LogP contribution in [0.1, 0.15) is 43.7 Å². The predicted octanol–water partition coefficient (Wildman–Crippen LogP) is 2.57. The number of carbonyl (C=O) groups is 2. The molecule has 6 nitrogen and oxygen atoms in total. The number of hydrogen-bond donors (Lipinski definition) is 1. The molecule has 0 radical (unpaired) electrons. The number of hydrogen-bond acceptors (Lipinski definition) is 4. The average Bonchev–Trinajstić information content (AvgIpc) is 2.91. The number of nitrogens with one attached hydrogen (secondary N) is 1. The van der Waals surface area contributed by atoms with Crippen LogP contribution in [0.15, 0.2) is 24.3 Å². The van der Waals surface area contributed by atoms with Crippen molar-refractivity contribution in [2.75, 3.05) is 32.8 Å². The molecule has 6 heteroatoms. The first-order chi connectivity index (χ1) is 13.5. The van der Waals surface area contributed by atoms with Gasteiger partial charge in [-0.2, -0.15) is 0 Å². The normalized spacial score (nSPS) is 29.5. The Hall–Kier alpha value is -1.92. The zero-order chi connectivity index (χ0) is 19.7. The Kier molecular flexibility index (Phi) is 5.43. The van der Waals surface area contributed by atoms with Gasteiger partial charge in [-0.1, -0.05) is 49.6 Å². The third kappa shape index (κ3) is 3.67. The van der Waals surface area contributed by atoms with Gasteiger partial charge < -0.3 is 5.32 Å². The van der Waals surface area contributed by atoms with Crippen LogP contribution < -0.4 is 5.32 Å². The molecule has 2 atom stereocenters. The molecule has 1 spiro atoms. The van der Waals surface area contributed by atoms with Gasteiger partial charge in [0.25, 0.3) is 5.91 Å². The quantitative estimate of drug-likeness (QED) is 0.811. The van der Waals surface area contributed by atoms with Crippen molar-refractivity contribution in [2.45, 2.75) is 51.6 Å². The van der Waals surface area contributed by atoms with Crippen LogP contribution in [0.25, 0.3) is 0 Å². The average molecular weight is 385 g/mol. The number of aryl methyl sites for hydroxylation is 1. The van der Waals surface area contributed by atoms with Crippen LogP contribution in [-0.4, -0.2) is 65.0 Å². The van der Waals surface area contributed by atoms with E-state index in [1.165, 1.54) is 16.0 Å². The van der Waals surface area contributed by atoms with Gasteiger partial charge >= 0.3 is 6.03 Å². The maximum atomic E-state index is 13.1. The second-order valence-electron chi connectivity index (χ2n) is 8.81. The van der Waals surface area contributed by atoms with Gasteiger partial charge in [-0.15, -0.1) is 0 Å². The van der Waals surface area contributed by atoms with Crippen LogP contribution in [0.2, 0.25) is 0 Å². The molecule has 28 heavy (non-hydrogen) atoms. The standard InChI is InChI=1S/C22H32N4O2/c1-17-6-5-8-19(14-17)15-24-10-12-25(13-11-24)16-26-20(27)22(23-21(26)28)9-4-3-7-18(22)2/h5-6,8,14,18H,3-4,7,9-13,15-16H2,1-2H3,(H,23,28)/t18-,22-/m1/s1. The monoisotopic (exact) mass is 384 g/mol. The Labute approximate surface area is 167 Å². The number of piperazine rings is 1. The number of benzene rings is 1. The summed E-state index contributed by atoms with van der Waals surface area (Å²) in [6, 6.07) is 8.45. The molecule has 1 aliphatic carbocycles. The lowest BCUT2D eigenvalue weighted by Gasteiger charge is -2.38. The molecule has 1 aromatic carbocycles. The van der Waals surface area contributed by atoms with Crippen molar-refractivity contribution in [1.82, 2.24) is 20.0 Å². The molecular weight excluding hydrogens is 352 g/mol. The highest BCUT2D eigenvalue weighted by Crippen LogP contribution is 2.38. The molecule has 0 bridgehead atoms. The molecule has 3 aliphatic rings. The van der Waals surface area contributed by atoms with Gasteiger partial charge in [-0.25, -0.2) is 9.69 Å². The highest BCUT2D eigenvalue weighted by molar-refractivity contribution is 6.07. The van der Waals surface area contributed by atoms with Gasteiger partial charge in [0.1, 0.15) is 5.54 Å². The number of carbonyl (C=O) groups excluding carboxylic acids is 2. The Bertz CT molecular complexity index is 744. The lowest BCUT2D eigenvalue weighted by Crippen LogP contribution is -2.55. The van der Waals surface area contributed by atoms with Crippen LogP contribution in [0.3, 0.4) is 0 Å². The van der Waals surface area contributed by atoms with Crippen LogP contribution >= 0.6 is 0 Å². The van der Waals surface area contributed by atoms with Gasteiger partial charge in [0.2, 0.25) is 0 Å². The molecule has 0 aromatic heterocycles. The second-order valence-corrected chi connectivity index (χ2v) is 8.81. The highest BCUT2D eigenvalue weighted by atomic mass is 16.2. The first kappa shape index (κ1) is 19.4.